The lowest BCUT2D eigenvalue weighted by atomic mass is 10.1. The van der Waals surface area contributed by atoms with Crippen LogP contribution in [0.2, 0.25) is 0 Å². The number of H-pyrrole nitrogens is 1. The van der Waals surface area contributed by atoms with Crippen molar-refractivity contribution in [2.45, 2.75) is 6.92 Å². The second-order valence-electron chi connectivity index (χ2n) is 5.84. The Hall–Kier alpha value is -4.01. The number of amides is 1. The van der Waals surface area contributed by atoms with Crippen molar-refractivity contribution in [2.75, 3.05) is 7.11 Å². The number of hydrogen-bond donors (Lipinski definition) is 2. The Kier molecular flexibility index (Phi) is 5.45. The van der Waals surface area contributed by atoms with Crippen LogP contribution in [0.1, 0.15) is 23.0 Å². The molecule has 0 unspecified atom stereocenters. The van der Waals surface area contributed by atoms with Crippen molar-refractivity contribution in [1.82, 2.24) is 15.6 Å². The number of nitro benzene ring substituents is 1. The van der Waals surface area contributed by atoms with Crippen LogP contribution in [0, 0.1) is 10.1 Å². The average Bonchev–Trinajstić information content (AvgIpc) is 3.22. The van der Waals surface area contributed by atoms with Crippen molar-refractivity contribution in [1.29, 1.82) is 0 Å². The van der Waals surface area contributed by atoms with Crippen LogP contribution in [-0.2, 0) is 0 Å². The van der Waals surface area contributed by atoms with Gasteiger partial charge >= 0.3 is 0 Å². The molecule has 2 aromatic carbocycles. The predicted octanol–water partition coefficient (Wildman–Crippen LogP) is 3.15. The molecule has 1 heterocycles. The van der Waals surface area contributed by atoms with Crippen LogP contribution in [-0.4, -0.2) is 33.8 Å². The van der Waals surface area contributed by atoms with Gasteiger partial charge in [0.1, 0.15) is 11.4 Å². The van der Waals surface area contributed by atoms with Crippen molar-refractivity contribution in [3.8, 4) is 17.0 Å². The quantitative estimate of drug-likeness (QED) is 0.387. The van der Waals surface area contributed by atoms with Crippen LogP contribution in [0.15, 0.2) is 59.7 Å². The normalized spacial score (nSPS) is 11.1. The third-order valence-electron chi connectivity index (χ3n) is 4.01. The van der Waals surface area contributed by atoms with Crippen molar-refractivity contribution in [3.05, 3.63) is 76.0 Å². The number of benzene rings is 2. The molecule has 0 radical (unpaired) electrons. The molecule has 142 valence electrons. The van der Waals surface area contributed by atoms with Crippen LogP contribution in [0.3, 0.4) is 0 Å². The van der Waals surface area contributed by atoms with E-state index in [4.69, 9.17) is 4.74 Å². The fourth-order valence-corrected chi connectivity index (χ4v) is 2.46. The molecule has 1 aromatic heterocycles. The van der Waals surface area contributed by atoms with Gasteiger partial charge in [-0.15, -0.1) is 0 Å². The maximum Gasteiger partial charge on any atom is 0.289 e. The van der Waals surface area contributed by atoms with Crippen molar-refractivity contribution in [3.63, 3.8) is 0 Å². The number of nitrogens with zero attached hydrogens (tertiary/aromatic N) is 3. The molecule has 28 heavy (non-hydrogen) atoms. The highest BCUT2D eigenvalue weighted by atomic mass is 16.6. The molecule has 9 nitrogen and oxygen atoms in total. The predicted molar refractivity (Wildman–Crippen MR) is 103 cm³/mol. The van der Waals surface area contributed by atoms with Gasteiger partial charge in [-0.05, 0) is 42.8 Å². The molecule has 3 rings (SSSR count). The number of nitro groups is 1. The number of carbonyl (C=O) groups is 1. The Morgan fingerprint density at radius 2 is 1.96 bits per heavy atom. The molecule has 2 N–H and O–H groups in total. The summed E-state index contributed by atoms with van der Waals surface area (Å²) in [7, 11) is 1.59. The van der Waals surface area contributed by atoms with E-state index >= 15 is 0 Å². The first-order chi connectivity index (χ1) is 13.5. The lowest BCUT2D eigenvalue weighted by Gasteiger charge is -2.03. The number of hydrazone groups is 1. The topological polar surface area (TPSA) is 123 Å². The van der Waals surface area contributed by atoms with Gasteiger partial charge in [-0.1, -0.05) is 12.1 Å². The second kappa shape index (κ2) is 8.12. The van der Waals surface area contributed by atoms with Crippen molar-refractivity contribution >= 4 is 17.3 Å². The Morgan fingerprint density at radius 1 is 1.21 bits per heavy atom. The molecule has 0 aliphatic carbocycles. The molecule has 0 atom stereocenters. The summed E-state index contributed by atoms with van der Waals surface area (Å²) in [5.74, 6) is 0.253. The summed E-state index contributed by atoms with van der Waals surface area (Å²) in [6, 6.07) is 14.8. The van der Waals surface area contributed by atoms with E-state index in [1.54, 1.807) is 38.3 Å². The Labute approximate surface area is 160 Å². The Balaban J connectivity index is 1.71. The number of methoxy groups -OCH3 is 1. The van der Waals surface area contributed by atoms with E-state index in [1.165, 1.54) is 18.2 Å². The third kappa shape index (κ3) is 4.21. The maximum absolute atomic E-state index is 12.3. The van der Waals surface area contributed by atoms with Gasteiger partial charge in [-0.25, -0.2) is 5.43 Å². The molecule has 0 aliphatic rings. The van der Waals surface area contributed by atoms with E-state index < -0.39 is 10.8 Å². The zero-order valence-electron chi connectivity index (χ0n) is 15.2. The summed E-state index contributed by atoms with van der Waals surface area (Å²) in [5.41, 5.74) is 5.00. The van der Waals surface area contributed by atoms with Crippen LogP contribution >= 0.6 is 0 Å². The monoisotopic (exact) mass is 379 g/mol. The summed E-state index contributed by atoms with van der Waals surface area (Å²) < 4.78 is 5.11. The molecule has 0 saturated carbocycles. The standard InChI is InChI=1S/C19H17N5O4/c1-12(13-6-8-16(28-2)9-7-13)20-23-19(25)18-11-17(21-22-18)14-4-3-5-15(10-14)24(26)27/h3-11H,1-2H3,(H,21,22)(H,23,25)/b20-12-. The largest absolute Gasteiger partial charge is 0.497 e. The summed E-state index contributed by atoms with van der Waals surface area (Å²) in [5, 5.41) is 21.6. The SMILES string of the molecule is COc1ccc(/C(C)=N\NC(=O)c2cc(-c3cccc([N+](=O)[O-])c3)n[nH]2)cc1. The number of non-ortho nitro benzene ring substituents is 1. The zero-order chi connectivity index (χ0) is 20.1. The molecule has 0 aliphatic heterocycles. The second-order valence-corrected chi connectivity index (χ2v) is 5.84. The van der Waals surface area contributed by atoms with Gasteiger partial charge in [0.25, 0.3) is 11.6 Å². The van der Waals surface area contributed by atoms with E-state index in [-0.39, 0.29) is 11.4 Å². The highest BCUT2D eigenvalue weighted by Crippen LogP contribution is 2.22. The molecule has 0 spiro atoms. The van der Waals surface area contributed by atoms with Crippen LogP contribution < -0.4 is 10.2 Å². The molecular weight excluding hydrogens is 362 g/mol. The first kappa shape index (κ1) is 18.8. The van der Waals surface area contributed by atoms with Crippen molar-refractivity contribution in [2.24, 2.45) is 5.10 Å². The van der Waals surface area contributed by atoms with Gasteiger partial charge in [0, 0.05) is 17.7 Å². The van der Waals surface area contributed by atoms with Crippen molar-refractivity contribution < 1.29 is 14.5 Å². The average molecular weight is 379 g/mol. The molecular formula is C19H17N5O4. The van der Waals surface area contributed by atoms with Gasteiger partial charge in [-0.3, -0.25) is 20.0 Å². The smallest absolute Gasteiger partial charge is 0.289 e. The number of rotatable bonds is 6. The fraction of sp³-hybridized carbons (Fsp3) is 0.105. The Morgan fingerprint density at radius 3 is 2.64 bits per heavy atom. The minimum Gasteiger partial charge on any atom is -0.497 e. The minimum atomic E-state index is -0.486. The molecule has 0 saturated heterocycles. The van der Waals surface area contributed by atoms with Gasteiger partial charge < -0.3 is 4.74 Å². The number of hydrogen-bond acceptors (Lipinski definition) is 6. The highest BCUT2D eigenvalue weighted by Gasteiger charge is 2.13. The third-order valence-corrected chi connectivity index (χ3v) is 4.01. The lowest BCUT2D eigenvalue weighted by Crippen LogP contribution is -2.19. The fourth-order valence-electron chi connectivity index (χ4n) is 2.46. The van der Waals surface area contributed by atoms with Gasteiger partial charge in [0.2, 0.25) is 0 Å². The highest BCUT2D eigenvalue weighted by molar-refractivity contribution is 6.00. The van der Waals surface area contributed by atoms with Gasteiger partial charge in [0.15, 0.2) is 0 Å². The first-order valence-corrected chi connectivity index (χ1v) is 8.27. The maximum atomic E-state index is 12.3. The molecule has 0 fully saturated rings. The number of carbonyl (C=O) groups excluding carboxylic acids is 1. The number of aromatic nitrogens is 2. The number of ether oxygens (including phenoxy) is 1. The van der Waals surface area contributed by atoms with E-state index in [1.807, 2.05) is 12.1 Å². The summed E-state index contributed by atoms with van der Waals surface area (Å²) in [6.45, 7) is 1.77. The van der Waals surface area contributed by atoms with E-state index in [2.05, 4.69) is 20.7 Å². The first-order valence-electron chi connectivity index (χ1n) is 8.27. The lowest BCUT2D eigenvalue weighted by molar-refractivity contribution is -0.384. The van der Waals surface area contributed by atoms with Gasteiger partial charge in [-0.2, -0.15) is 10.2 Å². The molecule has 3 aromatic rings. The van der Waals surface area contributed by atoms with E-state index in [0.29, 0.717) is 17.0 Å². The number of nitrogens with one attached hydrogen (secondary N) is 2. The number of aromatic amines is 1. The molecule has 9 heteroatoms. The summed E-state index contributed by atoms with van der Waals surface area (Å²) in [4.78, 5) is 22.7. The molecule has 1 amide bonds. The van der Waals surface area contributed by atoms with Gasteiger partial charge in [0.05, 0.1) is 23.4 Å². The summed E-state index contributed by atoms with van der Waals surface area (Å²) >= 11 is 0. The summed E-state index contributed by atoms with van der Waals surface area (Å²) in [6.07, 6.45) is 0. The molecule has 0 bridgehead atoms. The minimum absolute atomic E-state index is 0.0498. The van der Waals surface area contributed by atoms with E-state index in [0.717, 1.165) is 11.3 Å². The Bertz CT molecular complexity index is 1040. The zero-order valence-corrected chi connectivity index (χ0v) is 15.2. The van der Waals surface area contributed by atoms with Crippen LogP contribution in [0.4, 0.5) is 5.69 Å². The van der Waals surface area contributed by atoms with Crippen LogP contribution in [0.25, 0.3) is 11.3 Å². The van der Waals surface area contributed by atoms with Crippen LogP contribution in [0.5, 0.6) is 5.75 Å². The van der Waals surface area contributed by atoms with E-state index in [9.17, 15) is 14.9 Å².